The van der Waals surface area contributed by atoms with Gasteiger partial charge in [0.25, 0.3) is 5.91 Å². The summed E-state index contributed by atoms with van der Waals surface area (Å²) >= 11 is 0. The van der Waals surface area contributed by atoms with Crippen LogP contribution in [0.15, 0.2) is 24.3 Å². The fourth-order valence-corrected chi connectivity index (χ4v) is 2.86. The van der Waals surface area contributed by atoms with Crippen molar-refractivity contribution in [2.75, 3.05) is 12.8 Å². The molecular formula is C14H21ClN2O3S. The molecule has 3 N–H and O–H groups in total. The van der Waals surface area contributed by atoms with Gasteiger partial charge in [0, 0.05) is 24.4 Å². The number of halogens is 1. The van der Waals surface area contributed by atoms with Crippen molar-refractivity contribution in [3.05, 3.63) is 35.4 Å². The molecule has 1 fully saturated rings. The number of nitrogens with one attached hydrogen (secondary N) is 1. The minimum Gasteiger partial charge on any atom is -0.350 e. The SMILES string of the molecule is CS(=O)(=O)Cc1ccc(C(=O)NCC(N)C2CC2)cc1.Cl. The van der Waals surface area contributed by atoms with E-state index < -0.39 is 9.84 Å². The lowest BCUT2D eigenvalue weighted by Gasteiger charge is -2.11. The van der Waals surface area contributed by atoms with Gasteiger partial charge in [0.15, 0.2) is 9.84 Å². The van der Waals surface area contributed by atoms with Crippen molar-refractivity contribution in [2.24, 2.45) is 11.7 Å². The predicted octanol–water partition coefficient (Wildman–Crippen LogP) is 1.12. The Morgan fingerprint density at radius 3 is 2.38 bits per heavy atom. The molecule has 7 heteroatoms. The summed E-state index contributed by atoms with van der Waals surface area (Å²) in [6, 6.07) is 6.63. The van der Waals surface area contributed by atoms with Crippen molar-refractivity contribution in [1.82, 2.24) is 5.32 Å². The largest absolute Gasteiger partial charge is 0.350 e. The van der Waals surface area contributed by atoms with Crippen LogP contribution in [0.3, 0.4) is 0 Å². The standard InChI is InChI=1S/C14H20N2O3S.ClH/c1-20(18,19)9-10-2-4-12(5-3-10)14(17)16-8-13(15)11-6-7-11;/h2-5,11,13H,6-9,15H2,1H3,(H,16,17);1H. The van der Waals surface area contributed by atoms with E-state index in [1.54, 1.807) is 24.3 Å². The van der Waals surface area contributed by atoms with Gasteiger partial charge in [0.05, 0.1) is 5.75 Å². The van der Waals surface area contributed by atoms with E-state index in [-0.39, 0.29) is 30.1 Å². The van der Waals surface area contributed by atoms with Gasteiger partial charge < -0.3 is 11.1 Å². The van der Waals surface area contributed by atoms with Crippen LogP contribution < -0.4 is 11.1 Å². The molecule has 2 rings (SSSR count). The van der Waals surface area contributed by atoms with Gasteiger partial charge in [-0.15, -0.1) is 12.4 Å². The van der Waals surface area contributed by atoms with Crippen LogP contribution in [0.2, 0.25) is 0 Å². The Bertz CT molecular complexity index is 583. The van der Waals surface area contributed by atoms with Crippen molar-refractivity contribution < 1.29 is 13.2 Å². The number of nitrogens with two attached hydrogens (primary N) is 1. The van der Waals surface area contributed by atoms with Crippen LogP contribution in [-0.4, -0.2) is 33.2 Å². The topological polar surface area (TPSA) is 89.3 Å². The van der Waals surface area contributed by atoms with Crippen molar-refractivity contribution in [1.29, 1.82) is 0 Å². The highest BCUT2D eigenvalue weighted by Gasteiger charge is 2.28. The fraction of sp³-hybridized carbons (Fsp3) is 0.500. The Hall–Kier alpha value is -1.11. The molecule has 1 aromatic rings. The molecule has 1 aliphatic rings. The lowest BCUT2D eigenvalue weighted by atomic mass is 10.1. The minimum absolute atomic E-state index is 0. The van der Waals surface area contributed by atoms with Gasteiger partial charge in [-0.05, 0) is 36.5 Å². The molecule has 0 heterocycles. The molecular weight excluding hydrogens is 312 g/mol. The molecule has 1 amide bonds. The Morgan fingerprint density at radius 2 is 1.90 bits per heavy atom. The first-order valence-electron chi connectivity index (χ1n) is 6.65. The van der Waals surface area contributed by atoms with Crippen molar-refractivity contribution in [2.45, 2.75) is 24.6 Å². The van der Waals surface area contributed by atoms with Crippen LogP contribution in [0.4, 0.5) is 0 Å². The Labute approximate surface area is 131 Å². The van der Waals surface area contributed by atoms with Gasteiger partial charge in [-0.1, -0.05) is 12.1 Å². The summed E-state index contributed by atoms with van der Waals surface area (Å²) in [5.41, 5.74) is 7.12. The highest BCUT2D eigenvalue weighted by Crippen LogP contribution is 2.31. The molecule has 0 aromatic heterocycles. The van der Waals surface area contributed by atoms with E-state index >= 15 is 0 Å². The summed E-state index contributed by atoms with van der Waals surface area (Å²) in [5.74, 6) is 0.362. The number of hydrogen-bond donors (Lipinski definition) is 2. The number of amides is 1. The van der Waals surface area contributed by atoms with E-state index in [0.717, 1.165) is 12.8 Å². The lowest BCUT2D eigenvalue weighted by Crippen LogP contribution is -2.38. The quantitative estimate of drug-likeness (QED) is 0.817. The van der Waals surface area contributed by atoms with E-state index in [2.05, 4.69) is 5.32 Å². The molecule has 0 aliphatic heterocycles. The van der Waals surface area contributed by atoms with Crippen LogP contribution in [0, 0.1) is 5.92 Å². The maximum absolute atomic E-state index is 11.9. The molecule has 21 heavy (non-hydrogen) atoms. The first-order valence-corrected chi connectivity index (χ1v) is 8.71. The summed E-state index contributed by atoms with van der Waals surface area (Å²) in [7, 11) is -3.05. The molecule has 0 radical (unpaired) electrons. The van der Waals surface area contributed by atoms with Gasteiger partial charge in [-0.2, -0.15) is 0 Å². The van der Waals surface area contributed by atoms with E-state index in [1.807, 2.05) is 0 Å². The normalized spacial score (nSPS) is 15.9. The zero-order chi connectivity index (χ0) is 14.8. The second kappa shape index (κ2) is 7.24. The third kappa shape index (κ3) is 6.03. The van der Waals surface area contributed by atoms with Gasteiger partial charge in [0.2, 0.25) is 0 Å². The molecule has 0 saturated heterocycles. The summed E-state index contributed by atoms with van der Waals surface area (Å²) < 4.78 is 22.3. The summed E-state index contributed by atoms with van der Waals surface area (Å²) in [5, 5.41) is 2.81. The van der Waals surface area contributed by atoms with Crippen LogP contribution >= 0.6 is 12.4 Å². The third-order valence-electron chi connectivity index (χ3n) is 3.37. The Morgan fingerprint density at radius 1 is 1.33 bits per heavy atom. The summed E-state index contributed by atoms with van der Waals surface area (Å²) in [6.45, 7) is 0.481. The molecule has 1 unspecified atom stereocenters. The number of benzene rings is 1. The maximum atomic E-state index is 11.9. The summed E-state index contributed by atoms with van der Waals surface area (Å²) in [6.07, 6.45) is 3.49. The molecule has 1 aliphatic carbocycles. The molecule has 118 valence electrons. The number of sulfone groups is 1. The average molecular weight is 333 g/mol. The highest BCUT2D eigenvalue weighted by atomic mass is 35.5. The number of carbonyl (C=O) groups excluding carboxylic acids is 1. The van der Waals surface area contributed by atoms with Gasteiger partial charge in [-0.25, -0.2) is 8.42 Å². The summed E-state index contributed by atoms with van der Waals surface area (Å²) in [4.78, 5) is 11.9. The second-order valence-corrected chi connectivity index (χ2v) is 7.62. The monoisotopic (exact) mass is 332 g/mol. The fourth-order valence-electron chi connectivity index (χ4n) is 2.06. The van der Waals surface area contributed by atoms with Crippen LogP contribution in [0.25, 0.3) is 0 Å². The molecule has 1 aromatic carbocycles. The van der Waals surface area contributed by atoms with E-state index in [9.17, 15) is 13.2 Å². The van der Waals surface area contributed by atoms with E-state index in [4.69, 9.17) is 5.73 Å². The Kier molecular flexibility index (Phi) is 6.19. The third-order valence-corrected chi connectivity index (χ3v) is 4.23. The molecule has 1 atom stereocenters. The minimum atomic E-state index is -3.05. The highest BCUT2D eigenvalue weighted by molar-refractivity contribution is 7.89. The molecule has 1 saturated carbocycles. The second-order valence-electron chi connectivity index (χ2n) is 5.48. The number of carbonyl (C=O) groups is 1. The van der Waals surface area contributed by atoms with Crippen molar-refractivity contribution >= 4 is 28.2 Å². The predicted molar refractivity (Wildman–Crippen MR) is 85.3 cm³/mol. The zero-order valence-electron chi connectivity index (χ0n) is 11.9. The molecule has 0 bridgehead atoms. The molecule has 5 nitrogen and oxygen atoms in total. The maximum Gasteiger partial charge on any atom is 0.251 e. The zero-order valence-corrected chi connectivity index (χ0v) is 13.5. The van der Waals surface area contributed by atoms with Crippen molar-refractivity contribution in [3.8, 4) is 0 Å². The number of rotatable bonds is 6. The average Bonchev–Trinajstić information content (AvgIpc) is 3.18. The first-order chi connectivity index (χ1) is 9.35. The van der Waals surface area contributed by atoms with Gasteiger partial charge >= 0.3 is 0 Å². The first kappa shape index (κ1) is 17.9. The van der Waals surface area contributed by atoms with Crippen LogP contribution in [-0.2, 0) is 15.6 Å². The Balaban J connectivity index is 0.00000220. The number of hydrogen-bond acceptors (Lipinski definition) is 4. The molecule has 0 spiro atoms. The van der Waals surface area contributed by atoms with Gasteiger partial charge in [0.1, 0.15) is 0 Å². The van der Waals surface area contributed by atoms with Crippen LogP contribution in [0.1, 0.15) is 28.8 Å². The van der Waals surface area contributed by atoms with E-state index in [0.29, 0.717) is 23.6 Å². The van der Waals surface area contributed by atoms with Crippen LogP contribution in [0.5, 0.6) is 0 Å². The van der Waals surface area contributed by atoms with Crippen molar-refractivity contribution in [3.63, 3.8) is 0 Å². The smallest absolute Gasteiger partial charge is 0.251 e. The lowest BCUT2D eigenvalue weighted by molar-refractivity contribution is 0.0950. The van der Waals surface area contributed by atoms with Gasteiger partial charge in [-0.3, -0.25) is 4.79 Å². The van der Waals surface area contributed by atoms with E-state index in [1.165, 1.54) is 6.26 Å².